The predicted octanol–water partition coefficient (Wildman–Crippen LogP) is 0.529. The summed E-state index contributed by atoms with van der Waals surface area (Å²) in [5.41, 5.74) is 0. The van der Waals surface area contributed by atoms with Gasteiger partial charge in [-0.3, -0.25) is 0 Å². The van der Waals surface area contributed by atoms with Crippen LogP contribution < -0.4 is 4.74 Å². The third-order valence-corrected chi connectivity index (χ3v) is 2.52. The first-order valence-electron chi connectivity index (χ1n) is 3.82. The Bertz CT molecular complexity index is 557. The molecular formula is C7H3BF4O4S. The Balaban J connectivity index is 3.77. The molecule has 0 heterocycles. The van der Waals surface area contributed by atoms with E-state index in [1.807, 2.05) is 0 Å². The van der Waals surface area contributed by atoms with Crippen LogP contribution in [0.1, 0.15) is 0 Å². The first kappa shape index (κ1) is 13.6. The van der Waals surface area contributed by atoms with E-state index in [9.17, 15) is 26.0 Å². The van der Waals surface area contributed by atoms with Crippen molar-refractivity contribution >= 4 is 23.8 Å². The number of hydrogen-bond donors (Lipinski definition) is 1. The SMILES string of the molecule is B=COc1c(F)c(F)c(S(=O)(=O)O)c(F)c1F. The molecule has 0 aliphatic carbocycles. The van der Waals surface area contributed by atoms with Crippen molar-refractivity contribution in [3.63, 3.8) is 0 Å². The molecule has 0 radical (unpaired) electrons. The average Bonchev–Trinajstić information content (AvgIpc) is 2.20. The number of ether oxygens (including phenoxy) is 1. The molecule has 10 heteroatoms. The Morgan fingerprint density at radius 2 is 1.47 bits per heavy atom. The topological polar surface area (TPSA) is 63.6 Å². The zero-order valence-corrected chi connectivity index (χ0v) is 8.69. The molecule has 4 nitrogen and oxygen atoms in total. The molecule has 0 saturated carbocycles. The van der Waals surface area contributed by atoms with E-state index >= 15 is 0 Å². The van der Waals surface area contributed by atoms with Gasteiger partial charge in [0.05, 0.1) is 0 Å². The van der Waals surface area contributed by atoms with Gasteiger partial charge in [-0.05, 0) is 0 Å². The standard InChI is InChI=1S/C7H3BF4O4S/c8-1-16-6-2(9)4(11)7(17(13,14)15)5(12)3(6)10/h1,8H,(H,13,14,15). The monoisotopic (exact) mass is 270 g/mol. The number of rotatable bonds is 3. The summed E-state index contributed by atoms with van der Waals surface area (Å²) in [7, 11) is -2.55. The van der Waals surface area contributed by atoms with Crippen molar-refractivity contribution in [2.75, 3.05) is 0 Å². The molecule has 0 aliphatic heterocycles. The summed E-state index contributed by atoms with van der Waals surface area (Å²) in [6.45, 7) is 0. The fraction of sp³-hybridized carbons (Fsp3) is 0. The van der Waals surface area contributed by atoms with Crippen LogP contribution in [0.15, 0.2) is 4.90 Å². The van der Waals surface area contributed by atoms with Crippen LogP contribution >= 0.6 is 0 Å². The minimum absolute atomic E-state index is 0.480. The van der Waals surface area contributed by atoms with E-state index < -0.39 is 44.0 Å². The first-order valence-corrected chi connectivity index (χ1v) is 5.26. The third kappa shape index (κ3) is 2.32. The van der Waals surface area contributed by atoms with Crippen molar-refractivity contribution in [3.05, 3.63) is 23.3 Å². The Labute approximate surface area is 93.6 Å². The summed E-state index contributed by atoms with van der Waals surface area (Å²) in [6, 6.07) is 0. The Morgan fingerprint density at radius 1 is 1.06 bits per heavy atom. The molecule has 0 saturated heterocycles. The van der Waals surface area contributed by atoms with Gasteiger partial charge in [-0.25, -0.2) is 0 Å². The van der Waals surface area contributed by atoms with E-state index in [1.54, 1.807) is 0 Å². The molecule has 1 aromatic carbocycles. The zero-order chi connectivity index (χ0) is 13.4. The molecule has 0 spiro atoms. The second-order valence-corrected chi connectivity index (χ2v) is 4.03. The molecule has 0 bridgehead atoms. The van der Waals surface area contributed by atoms with Crippen molar-refractivity contribution in [1.82, 2.24) is 0 Å². The molecular weight excluding hydrogens is 267 g/mol. The Kier molecular flexibility index (Phi) is 3.58. The van der Waals surface area contributed by atoms with Gasteiger partial charge in [0.1, 0.15) is 0 Å². The molecule has 0 aliphatic rings. The second kappa shape index (κ2) is 4.45. The summed E-state index contributed by atoms with van der Waals surface area (Å²) in [4.78, 5) is -2.12. The van der Waals surface area contributed by atoms with Gasteiger partial charge in [0.15, 0.2) is 0 Å². The van der Waals surface area contributed by atoms with Crippen molar-refractivity contribution in [2.45, 2.75) is 4.90 Å². The van der Waals surface area contributed by atoms with Gasteiger partial charge >= 0.3 is 92.9 Å². The van der Waals surface area contributed by atoms with Gasteiger partial charge in [-0.1, -0.05) is 0 Å². The van der Waals surface area contributed by atoms with E-state index in [4.69, 9.17) is 4.55 Å². The van der Waals surface area contributed by atoms with Crippen LogP contribution in [0, 0.1) is 23.3 Å². The predicted molar refractivity (Wildman–Crippen MR) is 49.9 cm³/mol. The van der Waals surface area contributed by atoms with Gasteiger partial charge in [-0.15, -0.1) is 0 Å². The molecule has 1 aromatic rings. The van der Waals surface area contributed by atoms with Gasteiger partial charge < -0.3 is 0 Å². The third-order valence-electron chi connectivity index (χ3n) is 1.64. The van der Waals surface area contributed by atoms with Gasteiger partial charge in [-0.2, -0.15) is 0 Å². The number of halogens is 4. The summed E-state index contributed by atoms with van der Waals surface area (Å²) >= 11 is 0. The van der Waals surface area contributed by atoms with Crippen molar-refractivity contribution in [1.29, 1.82) is 0 Å². The van der Waals surface area contributed by atoms with E-state index in [1.165, 1.54) is 0 Å². The van der Waals surface area contributed by atoms with Crippen LogP contribution in [0.25, 0.3) is 0 Å². The van der Waals surface area contributed by atoms with Gasteiger partial charge in [0, 0.05) is 0 Å². The zero-order valence-electron chi connectivity index (χ0n) is 7.88. The first-order chi connectivity index (χ1) is 7.71. The van der Waals surface area contributed by atoms with E-state index in [0.29, 0.717) is 6.15 Å². The van der Waals surface area contributed by atoms with Crippen molar-refractivity contribution in [3.8, 4) is 5.75 Å². The second-order valence-electron chi connectivity index (χ2n) is 2.67. The molecule has 0 fully saturated rings. The molecule has 0 aromatic heterocycles. The van der Waals surface area contributed by atoms with Gasteiger partial charge in [0.2, 0.25) is 0 Å². The summed E-state index contributed by atoms with van der Waals surface area (Å²) in [6.07, 6.45) is 0.480. The Morgan fingerprint density at radius 3 is 1.76 bits per heavy atom. The van der Waals surface area contributed by atoms with Gasteiger partial charge in [0.25, 0.3) is 0 Å². The molecule has 17 heavy (non-hydrogen) atoms. The summed E-state index contributed by atoms with van der Waals surface area (Å²) in [5, 5.41) is 0. The summed E-state index contributed by atoms with van der Waals surface area (Å²) in [5.74, 6) is -10.3. The molecule has 1 rings (SSSR count). The van der Waals surface area contributed by atoms with Crippen molar-refractivity contribution in [2.24, 2.45) is 0 Å². The van der Waals surface area contributed by atoms with E-state index in [-0.39, 0.29) is 0 Å². The van der Waals surface area contributed by atoms with Crippen LogP contribution in [0.5, 0.6) is 5.75 Å². The molecule has 92 valence electrons. The van der Waals surface area contributed by atoms with Crippen LogP contribution in [0.3, 0.4) is 0 Å². The minimum atomic E-state index is -5.45. The number of benzene rings is 1. The average molecular weight is 270 g/mol. The molecule has 0 amide bonds. The fourth-order valence-electron chi connectivity index (χ4n) is 1.00. The van der Waals surface area contributed by atoms with Crippen LogP contribution in [-0.2, 0) is 10.1 Å². The fourth-order valence-corrected chi connectivity index (χ4v) is 1.64. The van der Waals surface area contributed by atoms with Crippen LogP contribution in [0.2, 0.25) is 0 Å². The molecule has 0 unspecified atom stereocenters. The van der Waals surface area contributed by atoms with E-state index in [2.05, 4.69) is 12.2 Å². The molecule has 0 atom stereocenters. The maximum atomic E-state index is 13.1. The van der Waals surface area contributed by atoms with E-state index in [0.717, 1.165) is 0 Å². The quantitative estimate of drug-likeness (QED) is 0.376. The molecule has 1 N–H and O–H groups in total. The normalized spacial score (nSPS) is 11.3. The van der Waals surface area contributed by atoms with Crippen LogP contribution in [-0.4, -0.2) is 26.6 Å². The van der Waals surface area contributed by atoms with Crippen molar-refractivity contribution < 1.29 is 35.3 Å². The maximum absolute atomic E-state index is 13.1. The number of hydrogen-bond acceptors (Lipinski definition) is 3. The van der Waals surface area contributed by atoms with Crippen LogP contribution in [0.4, 0.5) is 17.6 Å². The Hall–Kier alpha value is -1.42. The summed E-state index contributed by atoms with van der Waals surface area (Å²) < 4.78 is 85.9.